The molecule has 26 heavy (non-hydrogen) atoms. The molecule has 1 atom stereocenters. The molecule has 0 fully saturated rings. The molecule has 0 bridgehead atoms. The molecule has 3 aromatic rings. The maximum Gasteiger partial charge on any atom is 0.264 e. The topological polar surface area (TPSA) is 77.7 Å². The smallest absolute Gasteiger partial charge is 0.264 e. The van der Waals surface area contributed by atoms with E-state index in [1.807, 2.05) is 26.0 Å². The molecule has 0 aliphatic heterocycles. The van der Waals surface area contributed by atoms with Crippen LogP contribution < -0.4 is 4.74 Å². The molecule has 0 N–H and O–H groups in total. The van der Waals surface area contributed by atoms with Crippen molar-refractivity contribution in [3.8, 4) is 5.88 Å². The predicted molar refractivity (Wildman–Crippen MR) is 98.6 cm³/mol. The van der Waals surface area contributed by atoms with Crippen LogP contribution in [0.15, 0.2) is 22.8 Å². The monoisotopic (exact) mass is 375 g/mol. The van der Waals surface area contributed by atoms with Crippen LogP contribution in [0.5, 0.6) is 5.88 Å². The van der Waals surface area contributed by atoms with Crippen LogP contribution in [0.4, 0.5) is 0 Å². The van der Waals surface area contributed by atoms with Gasteiger partial charge in [0.05, 0.1) is 29.7 Å². The normalized spacial score (nSPS) is 12.3. The summed E-state index contributed by atoms with van der Waals surface area (Å²) in [6.45, 7) is 4.10. The highest BCUT2D eigenvalue weighted by Gasteiger charge is 2.26. The standard InChI is InChI=1S/C18H21N3O4S/c1-10-14-16(24-5)19-13(9-23-4)20-17(14)26-15(10)18(22)21(3)11(2)12-7-6-8-25-12/h6-8,11H,9H2,1-5H3. The maximum absolute atomic E-state index is 13.1. The van der Waals surface area contributed by atoms with Gasteiger partial charge in [-0.1, -0.05) is 0 Å². The van der Waals surface area contributed by atoms with Crippen LogP contribution in [0.25, 0.3) is 10.2 Å². The van der Waals surface area contributed by atoms with Gasteiger partial charge < -0.3 is 18.8 Å². The second kappa shape index (κ2) is 7.43. The van der Waals surface area contributed by atoms with E-state index in [4.69, 9.17) is 13.9 Å². The molecule has 0 aromatic carbocycles. The summed E-state index contributed by atoms with van der Waals surface area (Å²) in [4.78, 5) is 24.9. The van der Waals surface area contributed by atoms with E-state index in [0.717, 1.165) is 16.7 Å². The third-order valence-electron chi connectivity index (χ3n) is 4.32. The van der Waals surface area contributed by atoms with Crippen molar-refractivity contribution < 1.29 is 18.7 Å². The summed E-state index contributed by atoms with van der Waals surface area (Å²) in [5.41, 5.74) is 0.814. The van der Waals surface area contributed by atoms with E-state index in [1.54, 1.807) is 32.4 Å². The largest absolute Gasteiger partial charge is 0.480 e. The van der Waals surface area contributed by atoms with Gasteiger partial charge in [0.15, 0.2) is 5.82 Å². The number of thiophene rings is 1. The summed E-state index contributed by atoms with van der Waals surface area (Å²) in [5.74, 6) is 1.62. The van der Waals surface area contributed by atoms with Gasteiger partial charge in [-0.05, 0) is 31.5 Å². The molecule has 3 heterocycles. The first kappa shape index (κ1) is 18.3. The summed E-state index contributed by atoms with van der Waals surface area (Å²) in [7, 11) is 4.90. The SMILES string of the molecule is COCc1nc(OC)c2c(C)c(C(=O)N(C)C(C)c3ccco3)sc2n1. The van der Waals surface area contributed by atoms with E-state index in [1.165, 1.54) is 11.3 Å². The highest BCUT2D eigenvalue weighted by Crippen LogP contribution is 2.36. The van der Waals surface area contributed by atoms with Crippen molar-refractivity contribution in [1.82, 2.24) is 14.9 Å². The minimum Gasteiger partial charge on any atom is -0.480 e. The number of aromatic nitrogens is 2. The number of rotatable bonds is 6. The minimum atomic E-state index is -0.181. The summed E-state index contributed by atoms with van der Waals surface area (Å²) >= 11 is 1.34. The highest BCUT2D eigenvalue weighted by molar-refractivity contribution is 7.20. The summed E-state index contributed by atoms with van der Waals surface area (Å²) in [6, 6.07) is 3.49. The molecule has 1 unspecified atom stereocenters. The van der Waals surface area contributed by atoms with Gasteiger partial charge in [0.25, 0.3) is 5.91 Å². The number of methoxy groups -OCH3 is 2. The van der Waals surface area contributed by atoms with Crippen LogP contribution in [0.1, 0.15) is 39.8 Å². The lowest BCUT2D eigenvalue weighted by molar-refractivity contribution is 0.0730. The fourth-order valence-corrected chi connectivity index (χ4v) is 3.92. The lowest BCUT2D eigenvalue weighted by atomic mass is 10.1. The number of hydrogen-bond acceptors (Lipinski definition) is 7. The molecule has 0 saturated carbocycles. The van der Waals surface area contributed by atoms with Crippen molar-refractivity contribution in [1.29, 1.82) is 0 Å². The maximum atomic E-state index is 13.1. The molecule has 3 rings (SSSR count). The van der Waals surface area contributed by atoms with Gasteiger partial charge in [-0.25, -0.2) is 4.98 Å². The first-order chi connectivity index (χ1) is 12.5. The molecule has 0 radical (unpaired) electrons. The Bertz CT molecular complexity index is 920. The van der Waals surface area contributed by atoms with Gasteiger partial charge in [-0.2, -0.15) is 4.98 Å². The number of nitrogens with zero attached hydrogens (tertiary/aromatic N) is 3. The van der Waals surface area contributed by atoms with Gasteiger partial charge in [0.1, 0.15) is 17.2 Å². The second-order valence-electron chi connectivity index (χ2n) is 5.93. The van der Waals surface area contributed by atoms with Crippen molar-refractivity contribution >= 4 is 27.5 Å². The molecule has 7 nitrogen and oxygen atoms in total. The molecular weight excluding hydrogens is 354 g/mol. The zero-order valence-electron chi connectivity index (χ0n) is 15.4. The van der Waals surface area contributed by atoms with Crippen molar-refractivity contribution in [3.63, 3.8) is 0 Å². The molecule has 8 heteroatoms. The minimum absolute atomic E-state index is 0.0928. The number of carbonyl (C=O) groups is 1. The first-order valence-electron chi connectivity index (χ1n) is 8.11. The molecule has 0 spiro atoms. The van der Waals surface area contributed by atoms with Crippen LogP contribution in [0, 0.1) is 6.92 Å². The zero-order chi connectivity index (χ0) is 18.8. The number of furan rings is 1. The van der Waals surface area contributed by atoms with Crippen LogP contribution in [-0.4, -0.2) is 42.0 Å². The third-order valence-corrected chi connectivity index (χ3v) is 5.49. The van der Waals surface area contributed by atoms with Crippen molar-refractivity contribution in [2.24, 2.45) is 0 Å². The average Bonchev–Trinajstić information content (AvgIpc) is 3.28. The third kappa shape index (κ3) is 3.17. The van der Waals surface area contributed by atoms with Crippen LogP contribution >= 0.6 is 11.3 Å². The number of amides is 1. The fourth-order valence-electron chi connectivity index (χ4n) is 2.75. The van der Waals surface area contributed by atoms with Gasteiger partial charge >= 0.3 is 0 Å². The molecule has 0 saturated heterocycles. The fraction of sp³-hybridized carbons (Fsp3) is 0.389. The first-order valence-corrected chi connectivity index (χ1v) is 8.93. The quantitative estimate of drug-likeness (QED) is 0.655. The van der Waals surface area contributed by atoms with Crippen LogP contribution in [0.3, 0.4) is 0 Å². The van der Waals surface area contributed by atoms with Crippen molar-refractivity contribution in [2.75, 3.05) is 21.3 Å². The summed E-state index contributed by atoms with van der Waals surface area (Å²) < 4.78 is 15.9. The number of fused-ring (bicyclic) bond motifs is 1. The molecule has 138 valence electrons. The Labute approximate surface area is 155 Å². The number of aryl methyl sites for hydroxylation is 1. The Morgan fingerprint density at radius 3 is 2.77 bits per heavy atom. The molecule has 0 aliphatic rings. The molecule has 0 aliphatic carbocycles. The molecule has 3 aromatic heterocycles. The van der Waals surface area contributed by atoms with E-state index < -0.39 is 0 Å². The predicted octanol–water partition coefficient (Wildman–Crippen LogP) is 3.58. The lowest BCUT2D eigenvalue weighted by Gasteiger charge is -2.23. The zero-order valence-corrected chi connectivity index (χ0v) is 16.2. The average molecular weight is 375 g/mol. The van der Waals surface area contributed by atoms with Gasteiger partial charge in [-0.15, -0.1) is 11.3 Å². The lowest BCUT2D eigenvalue weighted by Crippen LogP contribution is -2.29. The second-order valence-corrected chi connectivity index (χ2v) is 6.92. The van der Waals surface area contributed by atoms with Gasteiger partial charge in [0.2, 0.25) is 5.88 Å². The Kier molecular flexibility index (Phi) is 5.24. The van der Waals surface area contributed by atoms with Gasteiger partial charge in [-0.3, -0.25) is 4.79 Å². The molecule has 1 amide bonds. The van der Waals surface area contributed by atoms with E-state index in [-0.39, 0.29) is 18.6 Å². The van der Waals surface area contributed by atoms with Crippen molar-refractivity contribution in [2.45, 2.75) is 26.5 Å². The van der Waals surface area contributed by atoms with Crippen LogP contribution in [-0.2, 0) is 11.3 Å². The Hall–Kier alpha value is -2.45. The van der Waals surface area contributed by atoms with E-state index in [2.05, 4.69) is 9.97 Å². The van der Waals surface area contributed by atoms with Crippen molar-refractivity contribution in [3.05, 3.63) is 40.4 Å². The molecular formula is C18H21N3O4S. The van der Waals surface area contributed by atoms with E-state index in [0.29, 0.717) is 21.4 Å². The number of carbonyl (C=O) groups excluding carboxylic acids is 1. The van der Waals surface area contributed by atoms with Crippen LogP contribution in [0.2, 0.25) is 0 Å². The number of ether oxygens (including phenoxy) is 2. The Morgan fingerprint density at radius 1 is 1.38 bits per heavy atom. The van der Waals surface area contributed by atoms with Gasteiger partial charge in [0, 0.05) is 14.2 Å². The summed E-state index contributed by atoms with van der Waals surface area (Å²) in [5, 5.41) is 0.764. The Morgan fingerprint density at radius 2 is 2.15 bits per heavy atom. The Balaban J connectivity index is 2.02. The van der Waals surface area contributed by atoms with E-state index in [9.17, 15) is 4.79 Å². The van der Waals surface area contributed by atoms with E-state index >= 15 is 0 Å². The number of hydrogen-bond donors (Lipinski definition) is 0. The highest BCUT2D eigenvalue weighted by atomic mass is 32.1. The summed E-state index contributed by atoms with van der Waals surface area (Å²) in [6.07, 6.45) is 1.60.